The van der Waals surface area contributed by atoms with Gasteiger partial charge in [-0.25, -0.2) is 9.37 Å². The van der Waals surface area contributed by atoms with Crippen LogP contribution in [0.15, 0.2) is 18.3 Å². The van der Waals surface area contributed by atoms with Crippen molar-refractivity contribution in [3.8, 4) is 0 Å². The molecule has 3 heteroatoms. The first kappa shape index (κ1) is 12.6. The second-order valence-corrected chi connectivity index (χ2v) is 7.51. The molecule has 1 aromatic rings. The molecule has 0 aromatic carbocycles. The van der Waals surface area contributed by atoms with E-state index >= 15 is 0 Å². The number of nitrogens with zero attached hydrogens (tertiary/aromatic N) is 1. The van der Waals surface area contributed by atoms with E-state index in [2.05, 4.69) is 17.2 Å². The molecule has 4 aliphatic rings. The van der Waals surface area contributed by atoms with Crippen LogP contribution in [0.5, 0.6) is 0 Å². The maximum Gasteiger partial charge on any atom is 0.141 e. The largest absolute Gasteiger partial charge is 0.367 e. The zero-order valence-electron chi connectivity index (χ0n) is 12.1. The van der Waals surface area contributed by atoms with Crippen molar-refractivity contribution in [3.63, 3.8) is 0 Å². The molecule has 1 heterocycles. The van der Waals surface area contributed by atoms with Crippen LogP contribution in [0.2, 0.25) is 0 Å². The van der Waals surface area contributed by atoms with Crippen molar-refractivity contribution in [1.29, 1.82) is 0 Å². The number of nitrogens with one attached hydrogen (secondary N) is 1. The van der Waals surface area contributed by atoms with E-state index < -0.39 is 0 Å². The average molecular weight is 274 g/mol. The standard InChI is InChI=1S/C17H23FN2/c1-11(20-16-3-2-15(18)10-19-16)17-7-12-4-13(8-17)6-14(5-12)9-17/h2-3,10-14H,4-9H2,1H3,(H,19,20). The third-order valence-corrected chi connectivity index (χ3v) is 6.10. The first-order valence-electron chi connectivity index (χ1n) is 8.01. The smallest absolute Gasteiger partial charge is 0.141 e. The van der Waals surface area contributed by atoms with Crippen molar-refractivity contribution in [1.82, 2.24) is 4.98 Å². The van der Waals surface area contributed by atoms with Crippen LogP contribution < -0.4 is 5.32 Å². The summed E-state index contributed by atoms with van der Waals surface area (Å²) in [6.07, 6.45) is 9.87. The van der Waals surface area contributed by atoms with E-state index in [1.54, 1.807) is 6.07 Å². The Hall–Kier alpha value is -1.12. The van der Waals surface area contributed by atoms with Gasteiger partial charge in [-0.2, -0.15) is 0 Å². The van der Waals surface area contributed by atoms with Crippen LogP contribution >= 0.6 is 0 Å². The molecule has 4 fully saturated rings. The Bertz CT molecular complexity index is 461. The minimum atomic E-state index is -0.266. The van der Waals surface area contributed by atoms with Crippen molar-refractivity contribution in [2.24, 2.45) is 23.2 Å². The molecule has 1 aromatic heterocycles. The lowest BCUT2D eigenvalue weighted by molar-refractivity contribution is -0.0603. The van der Waals surface area contributed by atoms with Gasteiger partial charge in [0.05, 0.1) is 6.20 Å². The summed E-state index contributed by atoms with van der Waals surface area (Å²) in [5.41, 5.74) is 0.463. The van der Waals surface area contributed by atoms with Crippen LogP contribution in [0, 0.1) is 29.0 Å². The molecule has 1 unspecified atom stereocenters. The van der Waals surface area contributed by atoms with Crippen molar-refractivity contribution < 1.29 is 4.39 Å². The van der Waals surface area contributed by atoms with E-state index in [0.717, 1.165) is 23.6 Å². The highest BCUT2D eigenvalue weighted by Gasteiger charge is 2.53. The van der Waals surface area contributed by atoms with E-state index in [4.69, 9.17) is 0 Å². The van der Waals surface area contributed by atoms with Crippen molar-refractivity contribution in [3.05, 3.63) is 24.1 Å². The molecular formula is C17H23FN2. The summed E-state index contributed by atoms with van der Waals surface area (Å²) in [7, 11) is 0. The minimum absolute atomic E-state index is 0.266. The molecule has 5 rings (SSSR count). The molecule has 1 atom stereocenters. The molecule has 108 valence electrons. The minimum Gasteiger partial charge on any atom is -0.367 e. The summed E-state index contributed by atoms with van der Waals surface area (Å²) in [6, 6.07) is 3.68. The number of hydrogen-bond acceptors (Lipinski definition) is 2. The monoisotopic (exact) mass is 274 g/mol. The van der Waals surface area contributed by atoms with Gasteiger partial charge in [-0.1, -0.05) is 0 Å². The normalized spacial score (nSPS) is 39.8. The summed E-state index contributed by atoms with van der Waals surface area (Å²) in [5, 5.41) is 3.55. The summed E-state index contributed by atoms with van der Waals surface area (Å²) >= 11 is 0. The maximum atomic E-state index is 12.9. The number of hydrogen-bond donors (Lipinski definition) is 1. The lowest BCUT2D eigenvalue weighted by Gasteiger charge is -2.59. The average Bonchev–Trinajstić information content (AvgIpc) is 2.40. The molecule has 4 saturated carbocycles. The molecule has 4 bridgehead atoms. The zero-order chi connectivity index (χ0) is 13.7. The summed E-state index contributed by atoms with van der Waals surface area (Å²) in [6.45, 7) is 2.30. The molecule has 0 amide bonds. The van der Waals surface area contributed by atoms with Crippen LogP contribution in [-0.2, 0) is 0 Å². The second-order valence-electron chi connectivity index (χ2n) is 7.51. The predicted molar refractivity (Wildman–Crippen MR) is 77.9 cm³/mol. The Labute approximate surface area is 120 Å². The van der Waals surface area contributed by atoms with E-state index in [0.29, 0.717) is 11.5 Å². The number of aromatic nitrogens is 1. The first-order chi connectivity index (χ1) is 9.63. The van der Waals surface area contributed by atoms with Crippen LogP contribution in [-0.4, -0.2) is 11.0 Å². The Morgan fingerprint density at radius 1 is 1.15 bits per heavy atom. The predicted octanol–water partition coefficient (Wildman–Crippen LogP) is 4.24. The quantitative estimate of drug-likeness (QED) is 0.892. The van der Waals surface area contributed by atoms with Gasteiger partial charge in [-0.15, -0.1) is 0 Å². The van der Waals surface area contributed by atoms with Gasteiger partial charge in [0.15, 0.2) is 0 Å². The molecule has 1 N–H and O–H groups in total. The fourth-order valence-electron chi connectivity index (χ4n) is 5.54. The topological polar surface area (TPSA) is 24.9 Å². The van der Waals surface area contributed by atoms with E-state index in [1.165, 1.54) is 50.8 Å². The van der Waals surface area contributed by atoms with Crippen molar-refractivity contribution in [2.45, 2.75) is 51.5 Å². The van der Waals surface area contributed by atoms with Gasteiger partial charge in [-0.05, 0) is 80.8 Å². The van der Waals surface area contributed by atoms with Crippen molar-refractivity contribution in [2.75, 3.05) is 5.32 Å². The Kier molecular flexibility index (Phi) is 2.80. The Morgan fingerprint density at radius 3 is 2.25 bits per heavy atom. The molecule has 20 heavy (non-hydrogen) atoms. The molecule has 0 spiro atoms. The van der Waals surface area contributed by atoms with Gasteiger partial charge >= 0.3 is 0 Å². The highest BCUT2D eigenvalue weighted by molar-refractivity contribution is 5.35. The molecule has 0 saturated heterocycles. The van der Waals surface area contributed by atoms with Gasteiger partial charge in [0, 0.05) is 6.04 Å². The fourth-order valence-corrected chi connectivity index (χ4v) is 5.54. The van der Waals surface area contributed by atoms with Crippen LogP contribution in [0.1, 0.15) is 45.4 Å². The van der Waals surface area contributed by atoms with E-state index in [1.807, 2.05) is 0 Å². The number of halogens is 1. The second kappa shape index (κ2) is 4.44. The first-order valence-corrected chi connectivity index (χ1v) is 8.01. The summed E-state index contributed by atoms with van der Waals surface area (Å²) < 4.78 is 12.9. The highest BCUT2D eigenvalue weighted by atomic mass is 19.1. The lowest BCUT2D eigenvalue weighted by Crippen LogP contribution is -2.52. The van der Waals surface area contributed by atoms with Crippen LogP contribution in [0.25, 0.3) is 0 Å². The van der Waals surface area contributed by atoms with Gasteiger partial charge in [-0.3, -0.25) is 0 Å². The molecular weight excluding hydrogens is 251 g/mol. The molecule has 0 radical (unpaired) electrons. The molecule has 2 nitrogen and oxygen atoms in total. The van der Waals surface area contributed by atoms with Crippen LogP contribution in [0.3, 0.4) is 0 Å². The fraction of sp³-hybridized carbons (Fsp3) is 0.706. The van der Waals surface area contributed by atoms with Gasteiger partial charge in [0.25, 0.3) is 0 Å². The molecule has 0 aliphatic heterocycles. The van der Waals surface area contributed by atoms with E-state index in [-0.39, 0.29) is 5.82 Å². The SMILES string of the molecule is CC(Nc1ccc(F)cn1)C12CC3CC(CC(C3)C1)C2. The summed E-state index contributed by atoms with van der Waals surface area (Å²) in [4.78, 5) is 4.16. The molecule has 4 aliphatic carbocycles. The van der Waals surface area contributed by atoms with Gasteiger partial charge in [0.2, 0.25) is 0 Å². The Balaban J connectivity index is 1.53. The summed E-state index contributed by atoms with van der Waals surface area (Å²) in [5.74, 6) is 3.44. The zero-order valence-corrected chi connectivity index (χ0v) is 12.1. The highest BCUT2D eigenvalue weighted by Crippen LogP contribution is 2.61. The van der Waals surface area contributed by atoms with Gasteiger partial charge in [0.1, 0.15) is 11.6 Å². The lowest BCUT2D eigenvalue weighted by atomic mass is 9.48. The Morgan fingerprint density at radius 2 is 1.75 bits per heavy atom. The third kappa shape index (κ3) is 2.02. The maximum absolute atomic E-state index is 12.9. The number of pyridine rings is 1. The number of rotatable bonds is 3. The van der Waals surface area contributed by atoms with Crippen molar-refractivity contribution >= 4 is 5.82 Å². The number of anilines is 1. The van der Waals surface area contributed by atoms with Crippen LogP contribution in [0.4, 0.5) is 10.2 Å². The van der Waals surface area contributed by atoms with Gasteiger partial charge < -0.3 is 5.32 Å². The third-order valence-electron chi connectivity index (χ3n) is 6.10. The van der Waals surface area contributed by atoms with E-state index in [9.17, 15) is 4.39 Å².